The molecule has 0 fully saturated rings. The molecule has 0 saturated heterocycles. The molecule has 4 rings (SSSR count). The van der Waals surface area contributed by atoms with Crippen molar-refractivity contribution in [1.29, 1.82) is 0 Å². The van der Waals surface area contributed by atoms with Gasteiger partial charge in [0.25, 0.3) is 0 Å². The lowest BCUT2D eigenvalue weighted by molar-refractivity contribution is 1.57. The lowest BCUT2D eigenvalue weighted by Crippen LogP contribution is -2.12. The van der Waals surface area contributed by atoms with E-state index in [0.29, 0.717) is 0 Å². The minimum Gasteiger partial charge on any atom is -0.251 e. The van der Waals surface area contributed by atoms with Crippen molar-refractivity contribution in [3.63, 3.8) is 0 Å². The van der Waals surface area contributed by atoms with E-state index in [2.05, 4.69) is 109 Å². The molecular weight excluding hydrogens is 345 g/mol. The van der Waals surface area contributed by atoms with E-state index in [0.717, 1.165) is 16.8 Å². The molecule has 0 unspecified atom stereocenters. The molecule has 130 valence electrons. The van der Waals surface area contributed by atoms with Crippen LogP contribution in [0.3, 0.4) is 0 Å². The Hall–Kier alpha value is -3.02. The molecule has 4 aromatic carbocycles. The molecule has 0 heterocycles. The summed E-state index contributed by atoms with van der Waals surface area (Å²) in [5.41, 5.74) is 3.32. The maximum atomic E-state index is 5.34. The van der Waals surface area contributed by atoms with Gasteiger partial charge in [0.1, 0.15) is 0 Å². The predicted octanol–water partition coefficient (Wildman–Crippen LogP) is 5.57. The Balaban J connectivity index is 1.90. The normalized spacial score (nSPS) is 10.6. The van der Waals surface area contributed by atoms with Gasteiger partial charge in [-0.25, -0.2) is 0 Å². The number of rotatable bonds is 5. The fourth-order valence-corrected chi connectivity index (χ4v) is 4.85. The first-order valence-electron chi connectivity index (χ1n) is 9.01. The summed E-state index contributed by atoms with van der Waals surface area (Å²) in [5, 5.41) is 2.51. The quantitative estimate of drug-likeness (QED) is 0.324. The average Bonchev–Trinajstić information content (AvgIpc) is 2.77. The molecule has 4 aromatic rings. The van der Waals surface area contributed by atoms with E-state index in [1.165, 1.54) is 10.6 Å². The zero-order chi connectivity index (χ0) is 18.3. The van der Waals surface area contributed by atoms with Gasteiger partial charge in [-0.05, 0) is 0 Å². The van der Waals surface area contributed by atoms with E-state index in [4.69, 9.17) is 4.76 Å². The van der Waals surface area contributed by atoms with Crippen molar-refractivity contribution in [3.05, 3.63) is 132 Å². The van der Waals surface area contributed by atoms with Crippen molar-refractivity contribution >= 4 is 24.4 Å². The average molecular weight is 365 g/mol. The van der Waals surface area contributed by atoms with E-state index in [-0.39, 0.29) is 0 Å². The third kappa shape index (κ3) is 4.22. The molecule has 0 aliphatic heterocycles. The second kappa shape index (κ2) is 8.58. The first-order chi connectivity index (χ1) is 13.4. The van der Waals surface area contributed by atoms with Crippen LogP contribution in [-0.2, 0) is 0 Å². The Morgan fingerprint density at radius 2 is 0.778 bits per heavy atom. The van der Waals surface area contributed by atoms with Gasteiger partial charge in [-0.2, -0.15) is 0 Å². The first-order valence-corrected chi connectivity index (χ1v) is 10.3. The van der Waals surface area contributed by atoms with Gasteiger partial charge in [0.05, 0.1) is 13.8 Å². The van der Waals surface area contributed by atoms with Crippen molar-refractivity contribution in [2.45, 2.75) is 0 Å². The standard InChI is InChI=1S/C25H20NP/c1-5-13-21(14-6-1)25(22-15-7-2-8-16-22)26-27(23-17-9-3-10-18-23)24-19-11-4-12-20-24/h1-20H. The van der Waals surface area contributed by atoms with Crippen LogP contribution >= 0.6 is 8.07 Å². The predicted molar refractivity (Wildman–Crippen MR) is 118 cm³/mol. The minimum atomic E-state index is -0.850. The molecule has 0 amide bonds. The van der Waals surface area contributed by atoms with Crippen LogP contribution in [0.5, 0.6) is 0 Å². The van der Waals surface area contributed by atoms with E-state index in [9.17, 15) is 0 Å². The van der Waals surface area contributed by atoms with Crippen molar-refractivity contribution in [1.82, 2.24) is 0 Å². The summed E-state index contributed by atoms with van der Waals surface area (Å²) < 4.78 is 5.34. The summed E-state index contributed by atoms with van der Waals surface area (Å²) in [5.74, 6) is 0. The number of benzene rings is 4. The van der Waals surface area contributed by atoms with E-state index < -0.39 is 8.07 Å². The molecule has 27 heavy (non-hydrogen) atoms. The fraction of sp³-hybridized carbons (Fsp3) is 0. The third-order valence-electron chi connectivity index (χ3n) is 4.30. The highest BCUT2D eigenvalue weighted by atomic mass is 31.1. The van der Waals surface area contributed by atoms with Gasteiger partial charge in [-0.3, -0.25) is 4.76 Å². The Morgan fingerprint density at radius 1 is 0.444 bits per heavy atom. The zero-order valence-electron chi connectivity index (χ0n) is 14.9. The van der Waals surface area contributed by atoms with Crippen LogP contribution in [0.4, 0.5) is 0 Å². The van der Waals surface area contributed by atoms with Gasteiger partial charge < -0.3 is 0 Å². The Kier molecular flexibility index (Phi) is 5.53. The minimum absolute atomic E-state index is 0.850. The fourth-order valence-electron chi connectivity index (χ4n) is 2.98. The van der Waals surface area contributed by atoms with Crippen molar-refractivity contribution in [2.24, 2.45) is 4.76 Å². The van der Waals surface area contributed by atoms with Crippen LogP contribution in [-0.4, -0.2) is 5.71 Å². The largest absolute Gasteiger partial charge is 0.251 e. The lowest BCUT2D eigenvalue weighted by atomic mass is 10.0. The summed E-state index contributed by atoms with van der Waals surface area (Å²) in [6.45, 7) is 0. The van der Waals surface area contributed by atoms with Gasteiger partial charge in [-0.1, -0.05) is 121 Å². The monoisotopic (exact) mass is 365 g/mol. The Labute approximate surface area is 161 Å². The Morgan fingerprint density at radius 3 is 1.15 bits per heavy atom. The van der Waals surface area contributed by atoms with Crippen LogP contribution < -0.4 is 10.6 Å². The maximum absolute atomic E-state index is 5.34. The molecule has 2 heteroatoms. The maximum Gasteiger partial charge on any atom is 0.0788 e. The molecular formula is C25H20NP. The second-order valence-electron chi connectivity index (χ2n) is 6.16. The van der Waals surface area contributed by atoms with Gasteiger partial charge in [0, 0.05) is 21.7 Å². The Bertz CT molecular complexity index is 916. The van der Waals surface area contributed by atoms with Gasteiger partial charge in [-0.15, -0.1) is 0 Å². The molecule has 0 atom stereocenters. The lowest BCUT2D eigenvalue weighted by Gasteiger charge is -2.17. The molecule has 0 saturated carbocycles. The number of nitrogens with zero attached hydrogens (tertiary/aromatic N) is 1. The number of hydrogen-bond donors (Lipinski definition) is 0. The summed E-state index contributed by atoms with van der Waals surface area (Å²) in [6, 6.07) is 42.1. The van der Waals surface area contributed by atoms with Gasteiger partial charge in [0.15, 0.2) is 0 Å². The van der Waals surface area contributed by atoms with E-state index in [1.807, 2.05) is 12.1 Å². The highest BCUT2D eigenvalue weighted by Crippen LogP contribution is 2.36. The molecule has 0 radical (unpaired) electrons. The molecule has 0 aliphatic carbocycles. The van der Waals surface area contributed by atoms with Crippen molar-refractivity contribution in [2.75, 3.05) is 0 Å². The van der Waals surface area contributed by atoms with E-state index in [1.54, 1.807) is 0 Å². The molecule has 1 nitrogen and oxygen atoms in total. The van der Waals surface area contributed by atoms with Crippen molar-refractivity contribution < 1.29 is 0 Å². The third-order valence-corrected chi connectivity index (χ3v) is 6.27. The summed E-state index contributed by atoms with van der Waals surface area (Å²) in [7, 11) is -0.850. The summed E-state index contributed by atoms with van der Waals surface area (Å²) in [6.07, 6.45) is 0. The van der Waals surface area contributed by atoms with Crippen LogP contribution in [0.1, 0.15) is 11.1 Å². The summed E-state index contributed by atoms with van der Waals surface area (Å²) in [4.78, 5) is 0. The van der Waals surface area contributed by atoms with Gasteiger partial charge >= 0.3 is 0 Å². The van der Waals surface area contributed by atoms with Gasteiger partial charge in [0.2, 0.25) is 0 Å². The molecule has 0 bridgehead atoms. The van der Waals surface area contributed by atoms with E-state index >= 15 is 0 Å². The van der Waals surface area contributed by atoms with Crippen LogP contribution in [0.15, 0.2) is 126 Å². The molecule has 0 aliphatic rings. The summed E-state index contributed by atoms with van der Waals surface area (Å²) >= 11 is 0. The first kappa shape index (κ1) is 17.4. The molecule has 0 aromatic heterocycles. The SMILES string of the molecule is c1ccc(C(=NP(c2ccccc2)c2ccccc2)c2ccccc2)cc1. The second-order valence-corrected chi connectivity index (χ2v) is 8.02. The molecule has 0 spiro atoms. The van der Waals surface area contributed by atoms with Crippen LogP contribution in [0, 0.1) is 0 Å². The van der Waals surface area contributed by atoms with Crippen LogP contribution in [0.25, 0.3) is 0 Å². The smallest absolute Gasteiger partial charge is 0.0788 e. The number of hydrogen-bond acceptors (Lipinski definition) is 1. The molecule has 0 N–H and O–H groups in total. The van der Waals surface area contributed by atoms with Crippen molar-refractivity contribution in [3.8, 4) is 0 Å². The highest BCUT2D eigenvalue weighted by Gasteiger charge is 2.16. The topological polar surface area (TPSA) is 12.4 Å². The zero-order valence-corrected chi connectivity index (χ0v) is 15.8. The van der Waals surface area contributed by atoms with Crippen LogP contribution in [0.2, 0.25) is 0 Å². The highest BCUT2D eigenvalue weighted by molar-refractivity contribution is 7.72.